The maximum atomic E-state index is 11.8. The molecule has 1 atom stereocenters. The van der Waals surface area contributed by atoms with Crippen LogP contribution in [0.15, 0.2) is 30.3 Å². The summed E-state index contributed by atoms with van der Waals surface area (Å²) in [6, 6.07) is 10.5. The van der Waals surface area contributed by atoms with Crippen molar-refractivity contribution in [2.75, 3.05) is 26.2 Å². The summed E-state index contributed by atoms with van der Waals surface area (Å²) < 4.78 is 5.40. The van der Waals surface area contributed by atoms with Gasteiger partial charge in [-0.05, 0) is 24.8 Å². The van der Waals surface area contributed by atoms with Crippen molar-refractivity contribution in [3.05, 3.63) is 35.9 Å². The van der Waals surface area contributed by atoms with Crippen molar-refractivity contribution in [3.63, 3.8) is 0 Å². The Kier molecular flexibility index (Phi) is 9.06. The van der Waals surface area contributed by atoms with E-state index in [1.807, 2.05) is 6.07 Å². The van der Waals surface area contributed by atoms with Gasteiger partial charge in [-0.25, -0.2) is 0 Å². The number of carbonyl (C=O) groups is 1. The van der Waals surface area contributed by atoms with Gasteiger partial charge in [0.25, 0.3) is 0 Å². The summed E-state index contributed by atoms with van der Waals surface area (Å²) in [5, 5.41) is 6.11. The molecule has 0 spiro atoms. The van der Waals surface area contributed by atoms with Crippen LogP contribution in [0.5, 0.6) is 0 Å². The first-order valence-electron chi connectivity index (χ1n) is 7.50. The Bertz CT molecular complexity index is 395. The van der Waals surface area contributed by atoms with E-state index in [-0.39, 0.29) is 24.4 Å². The number of nitrogens with one attached hydrogen (secondary N) is 2. The van der Waals surface area contributed by atoms with Crippen LogP contribution in [0.4, 0.5) is 0 Å². The molecule has 1 saturated heterocycles. The summed E-state index contributed by atoms with van der Waals surface area (Å²) in [6.07, 6.45) is 4.14. The zero-order valence-electron chi connectivity index (χ0n) is 12.3. The van der Waals surface area contributed by atoms with Gasteiger partial charge in [-0.2, -0.15) is 0 Å². The Labute approximate surface area is 133 Å². The van der Waals surface area contributed by atoms with Crippen LogP contribution in [-0.4, -0.2) is 38.3 Å². The molecular weight excluding hydrogens is 288 g/mol. The zero-order chi connectivity index (χ0) is 14.0. The molecule has 1 aliphatic rings. The number of hydrogen-bond acceptors (Lipinski definition) is 3. The molecule has 1 amide bonds. The van der Waals surface area contributed by atoms with E-state index in [1.54, 1.807) is 0 Å². The number of hydrogen-bond donors (Lipinski definition) is 2. The minimum atomic E-state index is -0.312. The quantitative estimate of drug-likeness (QED) is 0.756. The number of ether oxygens (including phenoxy) is 1. The number of amides is 1. The first kappa shape index (κ1) is 18.0. The molecule has 4 nitrogen and oxygen atoms in total. The maximum Gasteiger partial charge on any atom is 0.250 e. The Morgan fingerprint density at radius 1 is 1.24 bits per heavy atom. The lowest BCUT2D eigenvalue weighted by molar-refractivity contribution is -0.134. The molecule has 1 heterocycles. The molecule has 0 radical (unpaired) electrons. The van der Waals surface area contributed by atoms with E-state index in [0.717, 1.165) is 32.4 Å². The molecule has 21 heavy (non-hydrogen) atoms. The van der Waals surface area contributed by atoms with E-state index in [0.29, 0.717) is 13.2 Å². The van der Waals surface area contributed by atoms with Gasteiger partial charge in [0.05, 0.1) is 6.61 Å². The lowest BCUT2D eigenvalue weighted by Crippen LogP contribution is -2.48. The van der Waals surface area contributed by atoms with Gasteiger partial charge in [0.2, 0.25) is 5.91 Å². The Hall–Kier alpha value is -1.10. The molecule has 118 valence electrons. The SMILES string of the molecule is Cl.O=C(NCCCCCc1ccccc1)C1CNCCO1. The third-order valence-corrected chi connectivity index (χ3v) is 3.50. The number of rotatable bonds is 7. The zero-order valence-corrected chi connectivity index (χ0v) is 13.2. The van der Waals surface area contributed by atoms with Crippen molar-refractivity contribution in [1.29, 1.82) is 0 Å². The predicted molar refractivity (Wildman–Crippen MR) is 86.9 cm³/mol. The molecule has 0 bridgehead atoms. The average Bonchev–Trinajstić information content (AvgIpc) is 2.52. The van der Waals surface area contributed by atoms with Crippen molar-refractivity contribution < 1.29 is 9.53 Å². The third-order valence-electron chi connectivity index (χ3n) is 3.50. The maximum absolute atomic E-state index is 11.8. The number of morpholine rings is 1. The number of halogens is 1. The fraction of sp³-hybridized carbons (Fsp3) is 0.562. The second-order valence-corrected chi connectivity index (χ2v) is 5.15. The topological polar surface area (TPSA) is 50.4 Å². The molecule has 0 aromatic heterocycles. The van der Waals surface area contributed by atoms with Crippen LogP contribution in [0.1, 0.15) is 24.8 Å². The molecule has 2 N–H and O–H groups in total. The largest absolute Gasteiger partial charge is 0.366 e. The van der Waals surface area contributed by atoms with Crippen LogP contribution in [0.3, 0.4) is 0 Å². The van der Waals surface area contributed by atoms with Crippen molar-refractivity contribution in [2.24, 2.45) is 0 Å². The molecule has 0 saturated carbocycles. The molecule has 1 aromatic carbocycles. The van der Waals surface area contributed by atoms with Crippen LogP contribution in [-0.2, 0) is 16.0 Å². The molecule has 2 rings (SSSR count). The van der Waals surface area contributed by atoms with Gasteiger partial charge < -0.3 is 15.4 Å². The summed E-state index contributed by atoms with van der Waals surface area (Å²) in [4.78, 5) is 11.8. The lowest BCUT2D eigenvalue weighted by atomic mass is 10.1. The smallest absolute Gasteiger partial charge is 0.250 e. The van der Waals surface area contributed by atoms with Crippen molar-refractivity contribution >= 4 is 18.3 Å². The number of unbranched alkanes of at least 4 members (excludes halogenated alkanes) is 2. The molecular formula is C16H25ClN2O2. The van der Waals surface area contributed by atoms with Gasteiger partial charge >= 0.3 is 0 Å². The standard InChI is InChI=1S/C16H24N2O2.ClH/c19-16(15-13-17-11-12-20-15)18-10-6-2-5-9-14-7-3-1-4-8-14;/h1,3-4,7-8,15,17H,2,5-6,9-13H2,(H,18,19);1H. The van der Waals surface area contributed by atoms with Gasteiger partial charge in [0, 0.05) is 19.6 Å². The first-order valence-corrected chi connectivity index (χ1v) is 7.50. The van der Waals surface area contributed by atoms with Crippen LogP contribution >= 0.6 is 12.4 Å². The van der Waals surface area contributed by atoms with E-state index >= 15 is 0 Å². The van der Waals surface area contributed by atoms with E-state index in [1.165, 1.54) is 12.0 Å². The van der Waals surface area contributed by atoms with Gasteiger partial charge in [-0.3, -0.25) is 4.79 Å². The van der Waals surface area contributed by atoms with Gasteiger partial charge in [-0.1, -0.05) is 36.8 Å². The Morgan fingerprint density at radius 2 is 2.05 bits per heavy atom. The highest BCUT2D eigenvalue weighted by Crippen LogP contribution is 2.05. The van der Waals surface area contributed by atoms with E-state index < -0.39 is 0 Å². The Morgan fingerprint density at radius 3 is 2.76 bits per heavy atom. The Balaban J connectivity index is 0.00000220. The number of aryl methyl sites for hydroxylation is 1. The highest BCUT2D eigenvalue weighted by Gasteiger charge is 2.20. The fourth-order valence-corrected chi connectivity index (χ4v) is 2.33. The summed E-state index contributed by atoms with van der Waals surface area (Å²) >= 11 is 0. The van der Waals surface area contributed by atoms with Crippen LogP contribution in [0.2, 0.25) is 0 Å². The summed E-state index contributed by atoms with van der Waals surface area (Å²) in [5.74, 6) is 0.0141. The van der Waals surface area contributed by atoms with Crippen molar-refractivity contribution in [3.8, 4) is 0 Å². The number of carbonyl (C=O) groups excluding carboxylic acids is 1. The second-order valence-electron chi connectivity index (χ2n) is 5.15. The predicted octanol–water partition coefficient (Wildman–Crippen LogP) is 1.93. The molecule has 1 fully saturated rings. The summed E-state index contributed by atoms with van der Waals surface area (Å²) in [7, 11) is 0. The highest BCUT2D eigenvalue weighted by molar-refractivity contribution is 5.85. The normalized spacial score (nSPS) is 17.8. The summed E-state index contributed by atoms with van der Waals surface area (Å²) in [6.45, 7) is 2.83. The number of benzene rings is 1. The van der Waals surface area contributed by atoms with E-state index in [9.17, 15) is 4.79 Å². The minimum absolute atomic E-state index is 0. The molecule has 0 aliphatic carbocycles. The monoisotopic (exact) mass is 312 g/mol. The van der Waals surface area contributed by atoms with Crippen LogP contribution in [0, 0.1) is 0 Å². The average molecular weight is 313 g/mol. The molecule has 5 heteroatoms. The van der Waals surface area contributed by atoms with E-state index in [4.69, 9.17) is 4.74 Å². The highest BCUT2D eigenvalue weighted by atomic mass is 35.5. The van der Waals surface area contributed by atoms with Gasteiger partial charge in [-0.15, -0.1) is 12.4 Å². The first-order chi connectivity index (χ1) is 9.86. The van der Waals surface area contributed by atoms with E-state index in [2.05, 4.69) is 34.9 Å². The van der Waals surface area contributed by atoms with Crippen LogP contribution < -0.4 is 10.6 Å². The van der Waals surface area contributed by atoms with Gasteiger partial charge in [0.15, 0.2) is 0 Å². The third kappa shape index (κ3) is 6.93. The van der Waals surface area contributed by atoms with Crippen molar-refractivity contribution in [2.45, 2.75) is 31.8 Å². The van der Waals surface area contributed by atoms with Crippen molar-refractivity contribution in [1.82, 2.24) is 10.6 Å². The second kappa shape index (κ2) is 10.6. The molecule has 1 aromatic rings. The lowest BCUT2D eigenvalue weighted by Gasteiger charge is -2.22. The minimum Gasteiger partial charge on any atom is -0.366 e. The molecule has 1 unspecified atom stereocenters. The molecule has 1 aliphatic heterocycles. The van der Waals surface area contributed by atoms with Gasteiger partial charge in [0.1, 0.15) is 6.10 Å². The fourth-order valence-electron chi connectivity index (χ4n) is 2.33. The van der Waals surface area contributed by atoms with Crippen LogP contribution in [0.25, 0.3) is 0 Å². The summed E-state index contributed by atoms with van der Waals surface area (Å²) in [5.41, 5.74) is 1.39.